The van der Waals surface area contributed by atoms with Crippen molar-refractivity contribution in [2.24, 2.45) is 5.92 Å². The molecule has 2 aliphatic rings. The Balaban J connectivity index is 1.45. The summed E-state index contributed by atoms with van der Waals surface area (Å²) in [7, 11) is -3.18. The highest BCUT2D eigenvalue weighted by Gasteiger charge is 2.31. The van der Waals surface area contributed by atoms with Gasteiger partial charge in [-0.05, 0) is 49.9 Å². The van der Waals surface area contributed by atoms with Crippen LogP contribution in [0, 0.1) is 11.7 Å². The van der Waals surface area contributed by atoms with Gasteiger partial charge in [0.15, 0.2) is 0 Å². The Bertz CT molecular complexity index is 812. The molecule has 0 atom stereocenters. The molecule has 0 aromatic heterocycles. The molecule has 154 valence electrons. The second kappa shape index (κ2) is 8.57. The Kier molecular flexibility index (Phi) is 6.34. The fourth-order valence-electron chi connectivity index (χ4n) is 3.77. The maximum atomic E-state index is 13.0. The standard InChI is InChI=1S/C19H26FN3O4S/c1-28(26,27)23-12-8-17(9-13-23)21-18(24)14-6-10-22(11-7-14)19(25)15-2-4-16(20)5-3-15/h2-5,14,17H,6-13H2,1H3,(H,21,24). The minimum absolute atomic E-state index is 0.00984. The largest absolute Gasteiger partial charge is 0.353 e. The minimum atomic E-state index is -3.18. The fourth-order valence-corrected chi connectivity index (χ4v) is 4.64. The predicted octanol–water partition coefficient (Wildman–Crippen LogP) is 1.22. The number of carbonyl (C=O) groups is 2. The molecule has 1 aromatic rings. The summed E-state index contributed by atoms with van der Waals surface area (Å²) in [5, 5.41) is 3.04. The van der Waals surface area contributed by atoms with Crippen LogP contribution in [0.25, 0.3) is 0 Å². The van der Waals surface area contributed by atoms with Gasteiger partial charge >= 0.3 is 0 Å². The zero-order chi connectivity index (χ0) is 20.3. The lowest BCUT2D eigenvalue weighted by Gasteiger charge is -2.34. The number of likely N-dealkylation sites (tertiary alicyclic amines) is 1. The highest BCUT2D eigenvalue weighted by molar-refractivity contribution is 7.88. The van der Waals surface area contributed by atoms with E-state index in [4.69, 9.17) is 0 Å². The van der Waals surface area contributed by atoms with Crippen molar-refractivity contribution < 1.29 is 22.4 Å². The molecule has 9 heteroatoms. The average molecular weight is 411 g/mol. The molecular formula is C19H26FN3O4S. The average Bonchev–Trinajstić information content (AvgIpc) is 2.68. The van der Waals surface area contributed by atoms with E-state index in [1.54, 1.807) is 4.90 Å². The molecule has 1 N–H and O–H groups in total. The van der Waals surface area contributed by atoms with Crippen LogP contribution in [0.4, 0.5) is 4.39 Å². The van der Waals surface area contributed by atoms with Crippen molar-refractivity contribution >= 4 is 21.8 Å². The lowest BCUT2D eigenvalue weighted by Crippen LogP contribution is -2.49. The number of rotatable bonds is 4. The molecule has 2 heterocycles. The van der Waals surface area contributed by atoms with Crippen molar-refractivity contribution in [1.82, 2.24) is 14.5 Å². The Labute approximate surface area is 164 Å². The second-order valence-corrected chi connectivity index (χ2v) is 9.50. The van der Waals surface area contributed by atoms with E-state index >= 15 is 0 Å². The third-order valence-corrected chi connectivity index (χ3v) is 6.82. The summed E-state index contributed by atoms with van der Waals surface area (Å²) in [5.41, 5.74) is 0.446. The second-order valence-electron chi connectivity index (χ2n) is 7.52. The van der Waals surface area contributed by atoms with E-state index in [0.29, 0.717) is 57.4 Å². The van der Waals surface area contributed by atoms with E-state index in [9.17, 15) is 22.4 Å². The number of halogens is 1. The number of amides is 2. The molecule has 0 unspecified atom stereocenters. The van der Waals surface area contributed by atoms with Gasteiger partial charge in [0.25, 0.3) is 5.91 Å². The molecule has 2 amide bonds. The molecule has 2 aliphatic heterocycles. The van der Waals surface area contributed by atoms with Crippen LogP contribution in [0.5, 0.6) is 0 Å². The van der Waals surface area contributed by atoms with E-state index in [1.165, 1.54) is 34.8 Å². The molecule has 1 aromatic carbocycles. The lowest BCUT2D eigenvalue weighted by molar-refractivity contribution is -0.127. The monoisotopic (exact) mass is 411 g/mol. The normalized spacial score (nSPS) is 20.1. The van der Waals surface area contributed by atoms with Crippen molar-refractivity contribution in [2.75, 3.05) is 32.4 Å². The number of piperidine rings is 2. The number of hydrogen-bond acceptors (Lipinski definition) is 4. The molecule has 2 saturated heterocycles. The van der Waals surface area contributed by atoms with Gasteiger partial charge in [-0.1, -0.05) is 0 Å². The van der Waals surface area contributed by atoms with Crippen LogP contribution in [0.15, 0.2) is 24.3 Å². The molecule has 3 rings (SSSR count). The van der Waals surface area contributed by atoms with E-state index in [-0.39, 0.29) is 29.6 Å². The molecule has 0 radical (unpaired) electrons. The van der Waals surface area contributed by atoms with Crippen LogP contribution in [-0.2, 0) is 14.8 Å². The van der Waals surface area contributed by atoms with Crippen molar-refractivity contribution in [1.29, 1.82) is 0 Å². The van der Waals surface area contributed by atoms with Gasteiger partial charge in [0.05, 0.1) is 6.26 Å². The van der Waals surface area contributed by atoms with Gasteiger partial charge in [0.2, 0.25) is 15.9 Å². The quantitative estimate of drug-likeness (QED) is 0.807. The number of sulfonamides is 1. The van der Waals surface area contributed by atoms with Crippen LogP contribution in [-0.4, -0.2) is 67.9 Å². The van der Waals surface area contributed by atoms with Crippen LogP contribution >= 0.6 is 0 Å². The number of hydrogen-bond donors (Lipinski definition) is 1. The van der Waals surface area contributed by atoms with E-state index in [0.717, 1.165) is 0 Å². The number of benzene rings is 1. The topological polar surface area (TPSA) is 86.8 Å². The van der Waals surface area contributed by atoms with Gasteiger partial charge in [0, 0.05) is 43.7 Å². The number of nitrogens with one attached hydrogen (secondary N) is 1. The van der Waals surface area contributed by atoms with Gasteiger partial charge in [0.1, 0.15) is 5.82 Å². The van der Waals surface area contributed by atoms with E-state index < -0.39 is 10.0 Å². The highest BCUT2D eigenvalue weighted by Crippen LogP contribution is 2.21. The molecule has 2 fully saturated rings. The predicted molar refractivity (Wildman–Crippen MR) is 103 cm³/mol. The van der Waals surface area contributed by atoms with Gasteiger partial charge in [-0.3, -0.25) is 9.59 Å². The first-order valence-electron chi connectivity index (χ1n) is 9.54. The molecule has 0 bridgehead atoms. The van der Waals surface area contributed by atoms with E-state index in [2.05, 4.69) is 5.32 Å². The Morgan fingerprint density at radius 1 is 1.00 bits per heavy atom. The first kappa shape index (κ1) is 20.7. The molecule has 0 spiro atoms. The van der Waals surface area contributed by atoms with Crippen molar-refractivity contribution in [3.63, 3.8) is 0 Å². The summed E-state index contributed by atoms with van der Waals surface area (Å²) >= 11 is 0. The Morgan fingerprint density at radius 3 is 2.11 bits per heavy atom. The Hall–Kier alpha value is -2.00. The number of carbonyl (C=O) groups excluding carboxylic acids is 2. The fraction of sp³-hybridized carbons (Fsp3) is 0.579. The molecule has 0 aliphatic carbocycles. The first-order chi connectivity index (χ1) is 13.2. The third-order valence-electron chi connectivity index (χ3n) is 5.51. The summed E-state index contributed by atoms with van der Waals surface area (Å²) in [6, 6.07) is 5.47. The van der Waals surface area contributed by atoms with Gasteiger partial charge in [-0.2, -0.15) is 0 Å². The summed E-state index contributed by atoms with van der Waals surface area (Å²) < 4.78 is 37.6. The van der Waals surface area contributed by atoms with Crippen molar-refractivity contribution in [3.8, 4) is 0 Å². The zero-order valence-electron chi connectivity index (χ0n) is 15.9. The van der Waals surface area contributed by atoms with Crippen molar-refractivity contribution in [3.05, 3.63) is 35.6 Å². The molecule has 28 heavy (non-hydrogen) atoms. The summed E-state index contributed by atoms with van der Waals surface area (Å²) in [4.78, 5) is 26.7. The summed E-state index contributed by atoms with van der Waals surface area (Å²) in [6.07, 6.45) is 3.59. The van der Waals surface area contributed by atoms with Crippen LogP contribution in [0.1, 0.15) is 36.0 Å². The van der Waals surface area contributed by atoms with Crippen LogP contribution in [0.2, 0.25) is 0 Å². The van der Waals surface area contributed by atoms with Crippen LogP contribution in [0.3, 0.4) is 0 Å². The van der Waals surface area contributed by atoms with Gasteiger partial charge in [-0.15, -0.1) is 0 Å². The molecule has 0 saturated carbocycles. The maximum Gasteiger partial charge on any atom is 0.253 e. The molecule has 7 nitrogen and oxygen atoms in total. The lowest BCUT2D eigenvalue weighted by atomic mass is 9.94. The highest BCUT2D eigenvalue weighted by atomic mass is 32.2. The third kappa shape index (κ3) is 5.08. The Morgan fingerprint density at radius 2 is 1.57 bits per heavy atom. The van der Waals surface area contributed by atoms with Crippen LogP contribution < -0.4 is 5.32 Å². The summed E-state index contributed by atoms with van der Waals surface area (Å²) in [6.45, 7) is 1.82. The van der Waals surface area contributed by atoms with Gasteiger partial charge < -0.3 is 10.2 Å². The zero-order valence-corrected chi connectivity index (χ0v) is 16.8. The maximum absolute atomic E-state index is 13.0. The van der Waals surface area contributed by atoms with E-state index in [1.807, 2.05) is 0 Å². The summed E-state index contributed by atoms with van der Waals surface area (Å²) in [5.74, 6) is -0.696. The first-order valence-corrected chi connectivity index (χ1v) is 11.4. The molecular weight excluding hydrogens is 385 g/mol. The van der Waals surface area contributed by atoms with Crippen molar-refractivity contribution in [2.45, 2.75) is 31.7 Å². The number of nitrogens with zero attached hydrogens (tertiary/aromatic N) is 2. The van der Waals surface area contributed by atoms with Gasteiger partial charge in [-0.25, -0.2) is 17.1 Å². The minimum Gasteiger partial charge on any atom is -0.353 e. The SMILES string of the molecule is CS(=O)(=O)N1CCC(NC(=O)C2CCN(C(=O)c3ccc(F)cc3)CC2)CC1. The smallest absolute Gasteiger partial charge is 0.253 e.